The van der Waals surface area contributed by atoms with Crippen molar-refractivity contribution in [1.82, 2.24) is 0 Å². The van der Waals surface area contributed by atoms with E-state index in [9.17, 15) is 10.4 Å². The lowest BCUT2D eigenvalue weighted by molar-refractivity contribution is 0.265. The molecule has 90 valence electrons. The molecule has 0 heterocycles. The molecule has 0 saturated carbocycles. The third-order valence-corrected chi connectivity index (χ3v) is 3.39. The van der Waals surface area contributed by atoms with Gasteiger partial charge < -0.3 is 14.9 Å². The average Bonchev–Trinajstić information content (AvgIpc) is 2.32. The van der Waals surface area contributed by atoms with Gasteiger partial charge in [0.15, 0.2) is 11.5 Å². The number of ether oxygens (including phenoxy) is 1. The van der Waals surface area contributed by atoms with E-state index >= 15 is 0 Å². The van der Waals surface area contributed by atoms with Gasteiger partial charge in [0.1, 0.15) is 0 Å². The number of aliphatic hydroxyl groups excluding tert-OH is 1. The lowest BCUT2D eigenvalue weighted by atomic mass is 9.62. The number of phenols is 1. The SMILES string of the molecule is COc1cc2c(cc1O)CC2(C#N)CCCO. The Morgan fingerprint density at radius 2 is 2.29 bits per heavy atom. The van der Waals surface area contributed by atoms with E-state index in [1.54, 1.807) is 12.1 Å². The molecule has 1 aliphatic rings. The maximum atomic E-state index is 9.62. The number of hydrogen-bond donors (Lipinski definition) is 2. The summed E-state index contributed by atoms with van der Waals surface area (Å²) in [5.41, 5.74) is 1.39. The Hall–Kier alpha value is -1.73. The van der Waals surface area contributed by atoms with Gasteiger partial charge >= 0.3 is 0 Å². The molecule has 0 spiro atoms. The molecule has 0 bridgehead atoms. The second kappa shape index (κ2) is 4.27. The minimum Gasteiger partial charge on any atom is -0.504 e. The third-order valence-electron chi connectivity index (χ3n) is 3.39. The van der Waals surface area contributed by atoms with Crippen LogP contribution < -0.4 is 4.74 Å². The van der Waals surface area contributed by atoms with E-state index in [0.717, 1.165) is 11.1 Å². The lowest BCUT2D eigenvalue weighted by Gasteiger charge is -2.38. The van der Waals surface area contributed by atoms with Gasteiger partial charge in [-0.2, -0.15) is 5.26 Å². The summed E-state index contributed by atoms with van der Waals surface area (Å²) in [6, 6.07) is 5.71. The first-order valence-corrected chi connectivity index (χ1v) is 5.59. The quantitative estimate of drug-likeness (QED) is 0.826. The Kier molecular flexibility index (Phi) is 2.95. The van der Waals surface area contributed by atoms with Crippen LogP contribution in [-0.4, -0.2) is 23.9 Å². The highest BCUT2D eigenvalue weighted by atomic mass is 16.5. The van der Waals surface area contributed by atoms with Gasteiger partial charge in [-0.05, 0) is 42.5 Å². The van der Waals surface area contributed by atoms with Crippen LogP contribution in [0.4, 0.5) is 0 Å². The second-order valence-corrected chi connectivity index (χ2v) is 4.38. The van der Waals surface area contributed by atoms with E-state index in [2.05, 4.69) is 6.07 Å². The predicted octanol–water partition coefficient (Wildman–Crippen LogP) is 1.49. The van der Waals surface area contributed by atoms with Crippen LogP contribution in [-0.2, 0) is 11.8 Å². The summed E-state index contributed by atoms with van der Waals surface area (Å²) in [5, 5.41) is 27.8. The first-order valence-electron chi connectivity index (χ1n) is 5.59. The third kappa shape index (κ3) is 1.73. The molecule has 0 fully saturated rings. The predicted molar refractivity (Wildman–Crippen MR) is 62.0 cm³/mol. The second-order valence-electron chi connectivity index (χ2n) is 4.38. The molecule has 2 N–H and O–H groups in total. The van der Waals surface area contributed by atoms with Gasteiger partial charge in [0.2, 0.25) is 0 Å². The molecule has 0 amide bonds. The van der Waals surface area contributed by atoms with Gasteiger partial charge in [-0.15, -0.1) is 0 Å². The molecule has 1 atom stereocenters. The maximum absolute atomic E-state index is 9.62. The zero-order chi connectivity index (χ0) is 12.5. The number of nitriles is 1. The molecule has 4 heteroatoms. The fourth-order valence-electron chi connectivity index (χ4n) is 2.44. The van der Waals surface area contributed by atoms with Gasteiger partial charge in [-0.1, -0.05) is 0 Å². The summed E-state index contributed by atoms with van der Waals surface area (Å²) < 4.78 is 5.05. The van der Waals surface area contributed by atoms with Crippen molar-refractivity contribution in [3.8, 4) is 17.6 Å². The topological polar surface area (TPSA) is 73.5 Å². The molecule has 2 rings (SSSR count). The molecular formula is C13H15NO3. The molecule has 1 aromatic carbocycles. The van der Waals surface area contributed by atoms with E-state index in [1.165, 1.54) is 7.11 Å². The smallest absolute Gasteiger partial charge is 0.160 e. The van der Waals surface area contributed by atoms with Crippen molar-refractivity contribution in [1.29, 1.82) is 5.26 Å². The highest BCUT2D eigenvalue weighted by Gasteiger charge is 2.43. The summed E-state index contributed by atoms with van der Waals surface area (Å²) in [6.07, 6.45) is 1.88. The standard InChI is InChI=1S/C13H15NO3/c1-17-12-6-10-9(5-11(12)16)7-13(10,8-14)3-2-4-15/h5-6,15-16H,2-4,7H2,1H3. The van der Waals surface area contributed by atoms with Crippen molar-refractivity contribution in [2.45, 2.75) is 24.7 Å². The molecule has 1 aromatic rings. The molecule has 0 saturated heterocycles. The monoisotopic (exact) mass is 233 g/mol. The normalized spacial score (nSPS) is 21.2. The summed E-state index contributed by atoms with van der Waals surface area (Å²) in [6.45, 7) is 0.0913. The van der Waals surface area contributed by atoms with Crippen molar-refractivity contribution in [3.63, 3.8) is 0 Å². The highest BCUT2D eigenvalue weighted by Crippen LogP contribution is 2.48. The molecule has 0 radical (unpaired) electrons. The number of nitrogens with zero attached hydrogens (tertiary/aromatic N) is 1. The molecule has 4 nitrogen and oxygen atoms in total. The van der Waals surface area contributed by atoms with Crippen molar-refractivity contribution >= 4 is 0 Å². The molecule has 1 aliphatic carbocycles. The van der Waals surface area contributed by atoms with Crippen molar-refractivity contribution in [2.75, 3.05) is 13.7 Å². The Morgan fingerprint density at radius 3 is 2.88 bits per heavy atom. The van der Waals surface area contributed by atoms with Crippen LogP contribution in [0.5, 0.6) is 11.5 Å². The molecular weight excluding hydrogens is 218 g/mol. The Bertz CT molecular complexity index is 478. The summed E-state index contributed by atoms with van der Waals surface area (Å²) in [4.78, 5) is 0. The van der Waals surface area contributed by atoms with Gasteiger partial charge in [0.25, 0.3) is 0 Å². The van der Waals surface area contributed by atoms with Gasteiger partial charge in [0, 0.05) is 6.61 Å². The Labute approximate surface area is 100 Å². The number of hydrogen-bond acceptors (Lipinski definition) is 4. The zero-order valence-corrected chi connectivity index (χ0v) is 9.73. The largest absolute Gasteiger partial charge is 0.504 e. The summed E-state index contributed by atoms with van der Waals surface area (Å²) in [7, 11) is 1.49. The first-order chi connectivity index (χ1) is 8.16. The highest BCUT2D eigenvalue weighted by molar-refractivity contribution is 5.57. The van der Waals surface area contributed by atoms with Crippen molar-refractivity contribution in [2.24, 2.45) is 0 Å². The van der Waals surface area contributed by atoms with Crippen LogP contribution in [0.2, 0.25) is 0 Å². The van der Waals surface area contributed by atoms with Gasteiger partial charge in [-0.25, -0.2) is 0 Å². The number of phenolic OH excluding ortho intramolecular Hbond substituents is 1. The van der Waals surface area contributed by atoms with E-state index in [0.29, 0.717) is 25.0 Å². The average molecular weight is 233 g/mol. The van der Waals surface area contributed by atoms with Crippen LogP contribution >= 0.6 is 0 Å². The lowest BCUT2D eigenvalue weighted by Crippen LogP contribution is -2.37. The Balaban J connectivity index is 2.35. The van der Waals surface area contributed by atoms with Crippen LogP contribution in [0, 0.1) is 11.3 Å². The van der Waals surface area contributed by atoms with E-state index in [1.807, 2.05) is 0 Å². The first kappa shape index (κ1) is 11.7. The van der Waals surface area contributed by atoms with Crippen LogP contribution in [0.3, 0.4) is 0 Å². The molecule has 0 aromatic heterocycles. The van der Waals surface area contributed by atoms with Gasteiger partial charge in [0.05, 0.1) is 18.6 Å². The summed E-state index contributed by atoms with van der Waals surface area (Å²) in [5.74, 6) is 0.507. The van der Waals surface area contributed by atoms with Gasteiger partial charge in [-0.3, -0.25) is 0 Å². The van der Waals surface area contributed by atoms with Crippen LogP contribution in [0.1, 0.15) is 24.0 Å². The number of aliphatic hydroxyl groups is 1. The van der Waals surface area contributed by atoms with E-state index in [4.69, 9.17) is 9.84 Å². The van der Waals surface area contributed by atoms with E-state index in [-0.39, 0.29) is 12.4 Å². The molecule has 1 unspecified atom stereocenters. The van der Waals surface area contributed by atoms with Crippen molar-refractivity contribution in [3.05, 3.63) is 23.3 Å². The number of rotatable bonds is 4. The minimum absolute atomic E-state index is 0.0913. The summed E-state index contributed by atoms with van der Waals surface area (Å²) >= 11 is 0. The van der Waals surface area contributed by atoms with E-state index < -0.39 is 5.41 Å². The minimum atomic E-state index is -0.515. The number of fused-ring (bicyclic) bond motifs is 1. The number of aromatic hydroxyl groups is 1. The zero-order valence-electron chi connectivity index (χ0n) is 9.73. The fraction of sp³-hybridized carbons (Fsp3) is 0.462. The van der Waals surface area contributed by atoms with Crippen LogP contribution in [0.25, 0.3) is 0 Å². The number of benzene rings is 1. The Morgan fingerprint density at radius 1 is 1.53 bits per heavy atom. The number of methoxy groups -OCH3 is 1. The van der Waals surface area contributed by atoms with Crippen LogP contribution in [0.15, 0.2) is 12.1 Å². The molecule has 0 aliphatic heterocycles. The van der Waals surface area contributed by atoms with Crippen molar-refractivity contribution < 1.29 is 14.9 Å². The molecule has 17 heavy (non-hydrogen) atoms. The fourth-order valence-corrected chi connectivity index (χ4v) is 2.44. The maximum Gasteiger partial charge on any atom is 0.160 e.